The lowest BCUT2D eigenvalue weighted by Crippen LogP contribution is -2.18. The molecule has 0 heterocycles. The minimum atomic E-state index is -0.595. The van der Waals surface area contributed by atoms with E-state index in [1.807, 2.05) is 24.3 Å². The molecular formula is C11H15ClO2. The molecule has 0 fully saturated rings. The Balaban J connectivity index is 2.50. The first-order valence-corrected chi connectivity index (χ1v) is 5.25. The second-order valence-electron chi connectivity index (χ2n) is 3.12. The topological polar surface area (TPSA) is 29.5 Å². The zero-order chi connectivity index (χ0) is 10.4. The number of hydrogen-bond acceptors (Lipinski definition) is 2. The van der Waals surface area contributed by atoms with Gasteiger partial charge < -0.3 is 9.84 Å². The molecule has 14 heavy (non-hydrogen) atoms. The first-order valence-electron chi connectivity index (χ1n) is 4.72. The average Bonchev–Trinajstić information content (AvgIpc) is 2.26. The highest BCUT2D eigenvalue weighted by atomic mass is 35.5. The molecule has 0 saturated carbocycles. The zero-order valence-corrected chi connectivity index (χ0v) is 9.00. The van der Waals surface area contributed by atoms with Crippen LogP contribution < -0.4 is 4.74 Å². The van der Waals surface area contributed by atoms with Crippen LogP contribution in [0.5, 0.6) is 5.75 Å². The molecule has 1 atom stereocenters. The summed E-state index contributed by atoms with van der Waals surface area (Å²) in [7, 11) is 0. The van der Waals surface area contributed by atoms with Crippen LogP contribution in [-0.4, -0.2) is 23.7 Å². The first kappa shape index (κ1) is 11.3. The number of aryl methyl sites for hydroxylation is 1. The van der Waals surface area contributed by atoms with Crippen LogP contribution >= 0.6 is 11.6 Å². The fourth-order valence-electron chi connectivity index (χ4n) is 1.09. The third-order valence-electron chi connectivity index (χ3n) is 1.93. The lowest BCUT2D eigenvalue weighted by Gasteiger charge is -2.10. The van der Waals surface area contributed by atoms with E-state index < -0.39 is 6.10 Å². The molecule has 1 aromatic carbocycles. The van der Waals surface area contributed by atoms with Gasteiger partial charge in [0.1, 0.15) is 18.5 Å². The minimum absolute atomic E-state index is 0.202. The number of ether oxygens (including phenoxy) is 1. The maximum absolute atomic E-state index is 9.19. The molecule has 0 aromatic heterocycles. The quantitative estimate of drug-likeness (QED) is 0.762. The molecule has 1 aromatic rings. The predicted molar refractivity (Wildman–Crippen MR) is 58.0 cm³/mol. The number of halogens is 1. The fraction of sp³-hybridized carbons (Fsp3) is 0.455. The molecule has 78 valence electrons. The molecule has 0 bridgehead atoms. The van der Waals surface area contributed by atoms with Crippen LogP contribution in [-0.2, 0) is 6.42 Å². The minimum Gasteiger partial charge on any atom is -0.491 e. The molecule has 1 unspecified atom stereocenters. The highest BCUT2D eigenvalue weighted by Crippen LogP contribution is 2.13. The second-order valence-corrected chi connectivity index (χ2v) is 3.43. The van der Waals surface area contributed by atoms with Gasteiger partial charge in [0.05, 0.1) is 5.88 Å². The van der Waals surface area contributed by atoms with E-state index in [9.17, 15) is 5.11 Å². The summed E-state index contributed by atoms with van der Waals surface area (Å²) in [5.41, 5.74) is 1.22. The van der Waals surface area contributed by atoms with E-state index in [1.165, 1.54) is 5.56 Å². The van der Waals surface area contributed by atoms with E-state index >= 15 is 0 Å². The lowest BCUT2D eigenvalue weighted by molar-refractivity contribution is 0.125. The van der Waals surface area contributed by atoms with Crippen LogP contribution in [0.3, 0.4) is 0 Å². The maximum Gasteiger partial charge on any atom is 0.119 e. The Kier molecular flexibility index (Phi) is 4.77. The Morgan fingerprint density at radius 2 is 2.29 bits per heavy atom. The second kappa shape index (κ2) is 5.89. The molecule has 2 nitrogen and oxygen atoms in total. The van der Waals surface area contributed by atoms with Gasteiger partial charge in [0.15, 0.2) is 0 Å². The van der Waals surface area contributed by atoms with Crippen molar-refractivity contribution in [1.29, 1.82) is 0 Å². The van der Waals surface area contributed by atoms with Crippen LogP contribution in [0.4, 0.5) is 0 Å². The van der Waals surface area contributed by atoms with Crippen molar-refractivity contribution < 1.29 is 9.84 Å². The summed E-state index contributed by atoms with van der Waals surface area (Å²) in [6.45, 7) is 2.34. The van der Waals surface area contributed by atoms with Crippen LogP contribution in [0.15, 0.2) is 24.3 Å². The van der Waals surface area contributed by atoms with Crippen molar-refractivity contribution >= 4 is 11.6 Å². The highest BCUT2D eigenvalue weighted by Gasteiger charge is 2.02. The van der Waals surface area contributed by atoms with Gasteiger partial charge in [0.25, 0.3) is 0 Å². The molecule has 3 heteroatoms. The fourth-order valence-corrected chi connectivity index (χ4v) is 1.18. The van der Waals surface area contributed by atoms with E-state index in [2.05, 4.69) is 6.92 Å². The Labute approximate surface area is 89.5 Å². The van der Waals surface area contributed by atoms with Gasteiger partial charge in [-0.3, -0.25) is 0 Å². The Morgan fingerprint density at radius 1 is 1.50 bits per heavy atom. The van der Waals surface area contributed by atoms with Crippen LogP contribution in [0.25, 0.3) is 0 Å². The Hall–Kier alpha value is -0.730. The van der Waals surface area contributed by atoms with Gasteiger partial charge in [-0.1, -0.05) is 19.1 Å². The molecule has 0 amide bonds. The summed E-state index contributed by atoms with van der Waals surface area (Å²) in [5.74, 6) is 0.988. The predicted octanol–water partition coefficient (Wildman–Crippen LogP) is 2.23. The van der Waals surface area contributed by atoms with Gasteiger partial charge in [-0.2, -0.15) is 0 Å². The number of aliphatic hydroxyl groups excluding tert-OH is 1. The van der Waals surface area contributed by atoms with Crippen molar-refractivity contribution in [3.63, 3.8) is 0 Å². The third kappa shape index (κ3) is 3.56. The van der Waals surface area contributed by atoms with E-state index in [4.69, 9.17) is 16.3 Å². The lowest BCUT2D eigenvalue weighted by atomic mass is 10.2. The Bertz CT molecular complexity index is 276. The monoisotopic (exact) mass is 214 g/mol. The van der Waals surface area contributed by atoms with Crippen LogP contribution in [0.2, 0.25) is 0 Å². The van der Waals surface area contributed by atoms with Crippen molar-refractivity contribution in [1.82, 2.24) is 0 Å². The Morgan fingerprint density at radius 3 is 2.93 bits per heavy atom. The van der Waals surface area contributed by atoms with Crippen LogP contribution in [0, 0.1) is 0 Å². The smallest absolute Gasteiger partial charge is 0.119 e. The highest BCUT2D eigenvalue weighted by molar-refractivity contribution is 6.18. The number of alkyl halides is 1. The molecule has 0 radical (unpaired) electrons. The molecule has 1 rings (SSSR count). The molecule has 0 spiro atoms. The molecule has 0 saturated heterocycles. The van der Waals surface area contributed by atoms with Gasteiger partial charge >= 0.3 is 0 Å². The van der Waals surface area contributed by atoms with Crippen LogP contribution in [0.1, 0.15) is 12.5 Å². The average molecular weight is 215 g/mol. The normalized spacial score (nSPS) is 12.5. The van der Waals surface area contributed by atoms with Crippen molar-refractivity contribution in [2.45, 2.75) is 19.4 Å². The summed E-state index contributed by atoms with van der Waals surface area (Å²) in [4.78, 5) is 0. The number of rotatable bonds is 5. The van der Waals surface area contributed by atoms with Crippen molar-refractivity contribution in [3.8, 4) is 5.75 Å². The summed E-state index contributed by atoms with van der Waals surface area (Å²) in [6.07, 6.45) is 0.386. The molecular weight excluding hydrogens is 200 g/mol. The number of aliphatic hydroxyl groups is 1. The van der Waals surface area contributed by atoms with Gasteiger partial charge in [0, 0.05) is 0 Å². The van der Waals surface area contributed by atoms with E-state index in [0.717, 1.165) is 12.2 Å². The molecule has 0 aliphatic rings. The van der Waals surface area contributed by atoms with E-state index in [0.29, 0.717) is 0 Å². The van der Waals surface area contributed by atoms with Gasteiger partial charge in [-0.05, 0) is 24.1 Å². The summed E-state index contributed by atoms with van der Waals surface area (Å²) >= 11 is 5.45. The molecule has 0 aliphatic heterocycles. The number of benzene rings is 1. The molecule has 1 N–H and O–H groups in total. The third-order valence-corrected chi connectivity index (χ3v) is 2.28. The summed E-state index contributed by atoms with van der Waals surface area (Å²) in [6, 6.07) is 7.84. The largest absolute Gasteiger partial charge is 0.491 e. The summed E-state index contributed by atoms with van der Waals surface area (Å²) in [5, 5.41) is 9.19. The number of hydrogen-bond donors (Lipinski definition) is 1. The maximum atomic E-state index is 9.19. The van der Waals surface area contributed by atoms with E-state index in [1.54, 1.807) is 0 Å². The SMILES string of the molecule is CCc1cccc(OCC(O)CCl)c1. The standard InChI is InChI=1S/C11H15ClO2/c1-2-9-4-3-5-11(6-9)14-8-10(13)7-12/h3-6,10,13H,2,7-8H2,1H3. The van der Waals surface area contributed by atoms with Crippen molar-refractivity contribution in [2.24, 2.45) is 0 Å². The summed E-state index contributed by atoms with van der Waals surface area (Å²) < 4.78 is 5.37. The van der Waals surface area contributed by atoms with Gasteiger partial charge in [-0.25, -0.2) is 0 Å². The first-order chi connectivity index (χ1) is 6.76. The van der Waals surface area contributed by atoms with Crippen molar-refractivity contribution in [2.75, 3.05) is 12.5 Å². The molecule has 0 aliphatic carbocycles. The van der Waals surface area contributed by atoms with Crippen molar-refractivity contribution in [3.05, 3.63) is 29.8 Å². The van der Waals surface area contributed by atoms with Gasteiger partial charge in [-0.15, -0.1) is 11.6 Å². The van der Waals surface area contributed by atoms with Gasteiger partial charge in [0.2, 0.25) is 0 Å². The van der Waals surface area contributed by atoms with E-state index in [-0.39, 0.29) is 12.5 Å². The zero-order valence-electron chi connectivity index (χ0n) is 8.24.